The summed E-state index contributed by atoms with van der Waals surface area (Å²) in [6.07, 6.45) is 0.933. The number of halogens is 3. The molecule has 0 heterocycles. The van der Waals surface area contributed by atoms with E-state index in [0.717, 1.165) is 11.1 Å². The Morgan fingerprint density at radius 1 is 1.14 bits per heavy atom. The largest absolute Gasteiger partial charge is 0.350 e. The summed E-state index contributed by atoms with van der Waals surface area (Å²) >= 11 is 11.8. The molecule has 22 heavy (non-hydrogen) atoms. The molecule has 116 valence electrons. The van der Waals surface area contributed by atoms with E-state index in [1.165, 1.54) is 12.1 Å². The fourth-order valence-corrected chi connectivity index (χ4v) is 2.42. The van der Waals surface area contributed by atoms with Crippen LogP contribution in [0.3, 0.4) is 0 Å². The SMILES string of the molecule is CC(NC(=O)CCc1ccc(Cl)c(Cl)c1)c1ccc(F)cc1. The lowest BCUT2D eigenvalue weighted by Gasteiger charge is -2.14. The normalized spacial score (nSPS) is 12.0. The van der Waals surface area contributed by atoms with Crippen molar-refractivity contribution in [3.63, 3.8) is 0 Å². The Kier molecular flexibility index (Phi) is 5.81. The third-order valence-electron chi connectivity index (χ3n) is 3.37. The number of aryl methyl sites for hydroxylation is 1. The quantitative estimate of drug-likeness (QED) is 0.820. The van der Waals surface area contributed by atoms with E-state index in [-0.39, 0.29) is 17.8 Å². The number of rotatable bonds is 5. The first-order valence-electron chi connectivity index (χ1n) is 6.94. The highest BCUT2D eigenvalue weighted by molar-refractivity contribution is 6.42. The maximum atomic E-state index is 12.9. The van der Waals surface area contributed by atoms with E-state index in [1.54, 1.807) is 24.3 Å². The molecule has 1 unspecified atom stereocenters. The van der Waals surface area contributed by atoms with Crippen molar-refractivity contribution in [3.05, 3.63) is 69.5 Å². The van der Waals surface area contributed by atoms with Gasteiger partial charge in [0, 0.05) is 6.42 Å². The first-order valence-corrected chi connectivity index (χ1v) is 7.70. The maximum absolute atomic E-state index is 12.9. The highest BCUT2D eigenvalue weighted by Crippen LogP contribution is 2.23. The van der Waals surface area contributed by atoms with Gasteiger partial charge in [0.1, 0.15) is 5.82 Å². The molecule has 2 rings (SSSR count). The van der Waals surface area contributed by atoms with Crippen molar-refractivity contribution in [2.75, 3.05) is 0 Å². The summed E-state index contributed by atoms with van der Waals surface area (Å²) in [7, 11) is 0. The monoisotopic (exact) mass is 339 g/mol. The highest BCUT2D eigenvalue weighted by atomic mass is 35.5. The number of nitrogens with one attached hydrogen (secondary N) is 1. The van der Waals surface area contributed by atoms with Crippen molar-refractivity contribution >= 4 is 29.1 Å². The number of hydrogen-bond donors (Lipinski definition) is 1. The topological polar surface area (TPSA) is 29.1 Å². The lowest BCUT2D eigenvalue weighted by atomic mass is 10.1. The summed E-state index contributed by atoms with van der Waals surface area (Å²) in [5.74, 6) is -0.357. The number of amides is 1. The number of benzene rings is 2. The summed E-state index contributed by atoms with van der Waals surface area (Å²) < 4.78 is 12.9. The molecule has 1 atom stereocenters. The molecule has 0 saturated carbocycles. The summed E-state index contributed by atoms with van der Waals surface area (Å²) in [4.78, 5) is 12.0. The van der Waals surface area contributed by atoms with Gasteiger partial charge < -0.3 is 5.32 Å². The molecular formula is C17H16Cl2FNO. The van der Waals surface area contributed by atoms with Crippen LogP contribution in [0.1, 0.15) is 30.5 Å². The van der Waals surface area contributed by atoms with E-state index >= 15 is 0 Å². The first-order chi connectivity index (χ1) is 10.5. The average molecular weight is 340 g/mol. The molecule has 0 spiro atoms. The average Bonchev–Trinajstić information content (AvgIpc) is 2.49. The van der Waals surface area contributed by atoms with Gasteiger partial charge in [-0.15, -0.1) is 0 Å². The van der Waals surface area contributed by atoms with Crippen molar-refractivity contribution in [2.45, 2.75) is 25.8 Å². The minimum absolute atomic E-state index is 0.0668. The molecule has 2 nitrogen and oxygen atoms in total. The zero-order valence-corrected chi connectivity index (χ0v) is 13.6. The minimum atomic E-state index is -0.290. The fourth-order valence-electron chi connectivity index (χ4n) is 2.10. The van der Waals surface area contributed by atoms with Crippen LogP contribution in [0.25, 0.3) is 0 Å². The van der Waals surface area contributed by atoms with Gasteiger partial charge in [0.25, 0.3) is 0 Å². The van der Waals surface area contributed by atoms with Crippen molar-refractivity contribution in [1.82, 2.24) is 5.32 Å². The predicted octanol–water partition coefficient (Wildman–Crippen LogP) is 4.94. The number of carbonyl (C=O) groups excluding carboxylic acids is 1. The number of carbonyl (C=O) groups is 1. The second kappa shape index (κ2) is 7.61. The Hall–Kier alpha value is -1.58. The van der Waals surface area contributed by atoms with Crippen LogP contribution in [0.2, 0.25) is 10.0 Å². The summed E-state index contributed by atoms with van der Waals surface area (Å²) in [6.45, 7) is 1.87. The molecule has 0 fully saturated rings. The minimum Gasteiger partial charge on any atom is -0.350 e. The van der Waals surface area contributed by atoms with Crippen molar-refractivity contribution in [3.8, 4) is 0 Å². The van der Waals surface area contributed by atoms with Crippen LogP contribution in [-0.2, 0) is 11.2 Å². The van der Waals surface area contributed by atoms with Crippen LogP contribution in [0.15, 0.2) is 42.5 Å². The van der Waals surface area contributed by atoms with Gasteiger partial charge in [-0.3, -0.25) is 4.79 Å². The van der Waals surface area contributed by atoms with E-state index in [4.69, 9.17) is 23.2 Å². The van der Waals surface area contributed by atoms with Gasteiger partial charge in [0.15, 0.2) is 0 Å². The van der Waals surface area contributed by atoms with Crippen molar-refractivity contribution in [1.29, 1.82) is 0 Å². The molecule has 2 aromatic carbocycles. The van der Waals surface area contributed by atoms with Crippen LogP contribution in [-0.4, -0.2) is 5.91 Å². The molecule has 2 aromatic rings. The third-order valence-corrected chi connectivity index (χ3v) is 4.11. The Balaban J connectivity index is 1.87. The Morgan fingerprint density at radius 2 is 1.82 bits per heavy atom. The van der Waals surface area contributed by atoms with Gasteiger partial charge >= 0.3 is 0 Å². The lowest BCUT2D eigenvalue weighted by molar-refractivity contribution is -0.121. The molecule has 0 aliphatic carbocycles. The molecule has 0 aliphatic heterocycles. The van der Waals surface area contributed by atoms with Gasteiger partial charge in [-0.05, 0) is 48.7 Å². The van der Waals surface area contributed by atoms with Gasteiger partial charge in [-0.2, -0.15) is 0 Å². The fraction of sp³-hybridized carbons (Fsp3) is 0.235. The zero-order valence-electron chi connectivity index (χ0n) is 12.1. The molecule has 0 bridgehead atoms. The molecule has 5 heteroatoms. The molecule has 0 saturated heterocycles. The second-order valence-electron chi connectivity index (χ2n) is 5.09. The van der Waals surface area contributed by atoms with Gasteiger partial charge in [0.2, 0.25) is 5.91 Å². The summed E-state index contributed by atoms with van der Waals surface area (Å²) in [5.41, 5.74) is 1.82. The van der Waals surface area contributed by atoms with E-state index in [9.17, 15) is 9.18 Å². The molecule has 1 amide bonds. The van der Waals surface area contributed by atoms with Crippen LogP contribution < -0.4 is 5.32 Å². The Labute approximate surface area is 139 Å². The van der Waals surface area contributed by atoms with E-state index < -0.39 is 0 Å². The molecule has 0 aliphatic rings. The standard InChI is InChI=1S/C17H16Cl2FNO/c1-11(13-4-6-14(20)7-5-13)21-17(22)9-3-12-2-8-15(18)16(19)10-12/h2,4-8,10-11H,3,9H2,1H3,(H,21,22). The molecular weight excluding hydrogens is 324 g/mol. The second-order valence-corrected chi connectivity index (χ2v) is 5.90. The maximum Gasteiger partial charge on any atom is 0.220 e. The molecule has 0 aromatic heterocycles. The van der Waals surface area contributed by atoms with Gasteiger partial charge in [-0.25, -0.2) is 4.39 Å². The number of hydrogen-bond acceptors (Lipinski definition) is 1. The van der Waals surface area contributed by atoms with Crippen LogP contribution in [0.5, 0.6) is 0 Å². The smallest absolute Gasteiger partial charge is 0.220 e. The molecule has 1 N–H and O–H groups in total. The summed E-state index contributed by atoms with van der Waals surface area (Å²) in [6, 6.07) is 11.3. The first kappa shape index (κ1) is 16.8. The van der Waals surface area contributed by atoms with Gasteiger partial charge in [0.05, 0.1) is 16.1 Å². The van der Waals surface area contributed by atoms with E-state index in [2.05, 4.69) is 5.32 Å². The van der Waals surface area contributed by atoms with Gasteiger partial charge in [-0.1, -0.05) is 41.4 Å². The highest BCUT2D eigenvalue weighted by Gasteiger charge is 2.10. The molecule has 0 radical (unpaired) electrons. The van der Waals surface area contributed by atoms with E-state index in [0.29, 0.717) is 22.9 Å². The Morgan fingerprint density at radius 3 is 2.45 bits per heavy atom. The van der Waals surface area contributed by atoms with Crippen LogP contribution in [0.4, 0.5) is 4.39 Å². The Bertz CT molecular complexity index is 658. The van der Waals surface area contributed by atoms with Crippen molar-refractivity contribution < 1.29 is 9.18 Å². The van der Waals surface area contributed by atoms with Crippen LogP contribution >= 0.6 is 23.2 Å². The van der Waals surface area contributed by atoms with Crippen LogP contribution in [0, 0.1) is 5.82 Å². The zero-order chi connectivity index (χ0) is 16.1. The lowest BCUT2D eigenvalue weighted by Crippen LogP contribution is -2.26. The predicted molar refractivity (Wildman–Crippen MR) is 87.7 cm³/mol. The van der Waals surface area contributed by atoms with Crippen molar-refractivity contribution in [2.24, 2.45) is 0 Å². The summed E-state index contributed by atoms with van der Waals surface area (Å²) in [5, 5.41) is 3.88. The third kappa shape index (κ3) is 4.72. The van der Waals surface area contributed by atoms with E-state index in [1.807, 2.05) is 13.0 Å².